The van der Waals surface area contributed by atoms with E-state index in [-0.39, 0.29) is 24.2 Å². The minimum absolute atomic E-state index is 0.102. The van der Waals surface area contributed by atoms with E-state index in [2.05, 4.69) is 5.32 Å². The van der Waals surface area contributed by atoms with Gasteiger partial charge in [0.2, 0.25) is 0 Å². The lowest BCUT2D eigenvalue weighted by Gasteiger charge is -2.31. The minimum Gasteiger partial charge on any atom is -0.497 e. The monoisotopic (exact) mass is 394 g/mol. The van der Waals surface area contributed by atoms with Crippen molar-refractivity contribution in [3.8, 4) is 5.75 Å². The van der Waals surface area contributed by atoms with E-state index < -0.39 is 11.0 Å². The number of hydrogen-bond acceptors (Lipinski definition) is 5. The number of carbonyl (C=O) groups is 2. The number of hydrogen-bond donors (Lipinski definition) is 1. The first-order chi connectivity index (χ1) is 13.9. The van der Waals surface area contributed by atoms with Crippen LogP contribution in [0.2, 0.25) is 0 Å². The van der Waals surface area contributed by atoms with Crippen LogP contribution in [0.5, 0.6) is 5.75 Å². The molecule has 4 rings (SSSR count). The van der Waals surface area contributed by atoms with Gasteiger partial charge >= 0.3 is 6.03 Å². The molecule has 0 saturated heterocycles. The molecule has 0 saturated carbocycles. The number of nitro benzene ring substituents is 1. The van der Waals surface area contributed by atoms with E-state index in [1.54, 1.807) is 44.5 Å². The molecule has 2 aliphatic rings. The smallest absolute Gasteiger partial charge is 0.322 e. The highest BCUT2D eigenvalue weighted by atomic mass is 16.6. The van der Waals surface area contributed by atoms with Gasteiger partial charge in [-0.2, -0.15) is 0 Å². The Kier molecular flexibility index (Phi) is 4.42. The molecule has 0 aliphatic carbocycles. The standard InChI is InChI=1S/C20H18N4O5/c1-22-16-11-23(13-4-3-5-14(10-13)24(27)28)19(25)17(16)18(21-20(22)26)12-6-8-15(29-2)9-7-12/h3-10,18H,11H2,1-2H3,(H,21,26)/t18-/m1/s1. The minimum atomic E-state index is -0.615. The molecule has 0 radical (unpaired) electrons. The molecule has 148 valence electrons. The number of benzene rings is 2. The summed E-state index contributed by atoms with van der Waals surface area (Å²) in [4.78, 5) is 39.2. The zero-order valence-electron chi connectivity index (χ0n) is 15.8. The summed E-state index contributed by atoms with van der Waals surface area (Å²) in [5.41, 5.74) is 2.08. The first-order valence-electron chi connectivity index (χ1n) is 8.88. The van der Waals surface area contributed by atoms with Crippen LogP contribution < -0.4 is 15.0 Å². The van der Waals surface area contributed by atoms with E-state index in [0.29, 0.717) is 22.7 Å². The second-order valence-corrected chi connectivity index (χ2v) is 6.74. The number of rotatable bonds is 4. The molecule has 9 heteroatoms. The molecule has 0 unspecified atom stereocenters. The van der Waals surface area contributed by atoms with Crippen LogP contribution in [0.15, 0.2) is 59.8 Å². The van der Waals surface area contributed by atoms with Gasteiger partial charge in [-0.15, -0.1) is 0 Å². The van der Waals surface area contributed by atoms with Crippen LogP contribution in [0, 0.1) is 10.1 Å². The Balaban J connectivity index is 1.73. The van der Waals surface area contributed by atoms with Gasteiger partial charge in [0, 0.05) is 19.2 Å². The van der Waals surface area contributed by atoms with Crippen molar-refractivity contribution in [2.75, 3.05) is 25.6 Å². The third kappa shape index (κ3) is 3.06. The first kappa shape index (κ1) is 18.5. The van der Waals surface area contributed by atoms with Crippen LogP contribution in [-0.2, 0) is 4.79 Å². The number of nitrogens with one attached hydrogen (secondary N) is 1. The topological polar surface area (TPSA) is 105 Å². The molecule has 3 amide bonds. The van der Waals surface area contributed by atoms with Crippen LogP contribution >= 0.6 is 0 Å². The maximum Gasteiger partial charge on any atom is 0.322 e. The highest BCUT2D eigenvalue weighted by Crippen LogP contribution is 2.38. The maximum atomic E-state index is 13.3. The predicted molar refractivity (Wildman–Crippen MR) is 105 cm³/mol. The number of urea groups is 1. The number of ether oxygens (including phenoxy) is 1. The molecule has 2 aromatic carbocycles. The Bertz CT molecular complexity index is 1050. The summed E-state index contributed by atoms with van der Waals surface area (Å²) in [6, 6.07) is 12.1. The summed E-state index contributed by atoms with van der Waals surface area (Å²) in [5, 5.41) is 14.0. The van der Waals surface area contributed by atoms with Gasteiger partial charge < -0.3 is 15.0 Å². The molecule has 0 aromatic heterocycles. The molecule has 0 spiro atoms. The molecule has 2 heterocycles. The highest BCUT2D eigenvalue weighted by molar-refractivity contribution is 6.11. The fraction of sp³-hybridized carbons (Fsp3) is 0.200. The van der Waals surface area contributed by atoms with Gasteiger partial charge in [-0.25, -0.2) is 4.79 Å². The summed E-state index contributed by atoms with van der Waals surface area (Å²) < 4.78 is 5.17. The number of carbonyl (C=O) groups excluding carboxylic acids is 2. The summed E-state index contributed by atoms with van der Waals surface area (Å²) in [7, 11) is 3.16. The van der Waals surface area contributed by atoms with Crippen molar-refractivity contribution in [3.63, 3.8) is 0 Å². The SMILES string of the molecule is COc1ccc([C@H]2NC(=O)N(C)C3=C2C(=O)N(c2cccc([N+](=O)[O-])c2)C3)cc1. The zero-order chi connectivity index (χ0) is 20.7. The predicted octanol–water partition coefficient (Wildman–Crippen LogP) is 2.60. The number of nitrogens with zero attached hydrogens (tertiary/aromatic N) is 3. The normalized spacial score (nSPS) is 18.6. The molecule has 29 heavy (non-hydrogen) atoms. The van der Waals surface area contributed by atoms with Crippen molar-refractivity contribution in [3.05, 3.63) is 75.5 Å². The summed E-state index contributed by atoms with van der Waals surface area (Å²) >= 11 is 0. The lowest BCUT2D eigenvalue weighted by Crippen LogP contribution is -2.45. The lowest BCUT2D eigenvalue weighted by molar-refractivity contribution is -0.384. The van der Waals surface area contributed by atoms with E-state index in [0.717, 1.165) is 5.56 Å². The number of likely N-dealkylation sites (N-methyl/N-ethyl adjacent to an activating group) is 1. The Hall–Kier alpha value is -3.88. The molecule has 0 fully saturated rings. The summed E-state index contributed by atoms with van der Waals surface area (Å²) in [6.07, 6.45) is 0. The average Bonchev–Trinajstić information content (AvgIpc) is 3.08. The second-order valence-electron chi connectivity index (χ2n) is 6.74. The maximum absolute atomic E-state index is 13.3. The van der Waals surface area contributed by atoms with E-state index in [4.69, 9.17) is 4.74 Å². The quantitative estimate of drug-likeness (QED) is 0.634. The van der Waals surface area contributed by atoms with Gasteiger partial charge in [-0.3, -0.25) is 19.8 Å². The summed E-state index contributed by atoms with van der Waals surface area (Å²) in [6.45, 7) is 0.159. The second kappa shape index (κ2) is 6.93. The molecule has 2 aliphatic heterocycles. The van der Waals surface area contributed by atoms with Gasteiger partial charge in [0.25, 0.3) is 11.6 Å². The number of methoxy groups -OCH3 is 1. The number of anilines is 1. The van der Waals surface area contributed by atoms with Gasteiger partial charge in [-0.1, -0.05) is 18.2 Å². The largest absolute Gasteiger partial charge is 0.497 e. The molecule has 9 nitrogen and oxygen atoms in total. The first-order valence-corrected chi connectivity index (χ1v) is 8.88. The van der Waals surface area contributed by atoms with Crippen LogP contribution in [0.4, 0.5) is 16.2 Å². The van der Waals surface area contributed by atoms with Crippen molar-refractivity contribution in [2.45, 2.75) is 6.04 Å². The molecule has 1 N–H and O–H groups in total. The Morgan fingerprint density at radius 2 is 1.90 bits per heavy atom. The molecular formula is C20H18N4O5. The Labute approximate surface area is 166 Å². The Morgan fingerprint density at radius 1 is 1.17 bits per heavy atom. The van der Waals surface area contributed by atoms with Crippen LogP contribution in [0.3, 0.4) is 0 Å². The van der Waals surface area contributed by atoms with Crippen LogP contribution in [0.1, 0.15) is 11.6 Å². The molecule has 1 atom stereocenters. The lowest BCUT2D eigenvalue weighted by atomic mass is 9.95. The highest BCUT2D eigenvalue weighted by Gasteiger charge is 2.43. The number of non-ortho nitro benzene ring substituents is 1. The fourth-order valence-electron chi connectivity index (χ4n) is 3.60. The van der Waals surface area contributed by atoms with Crippen molar-refractivity contribution in [1.82, 2.24) is 10.2 Å². The third-order valence-corrected chi connectivity index (χ3v) is 5.16. The third-order valence-electron chi connectivity index (χ3n) is 5.16. The van der Waals surface area contributed by atoms with Crippen molar-refractivity contribution in [2.24, 2.45) is 0 Å². The van der Waals surface area contributed by atoms with Gasteiger partial charge in [-0.05, 0) is 23.8 Å². The van der Waals surface area contributed by atoms with E-state index in [1.165, 1.54) is 28.0 Å². The number of amides is 3. The van der Waals surface area contributed by atoms with E-state index >= 15 is 0 Å². The fourth-order valence-corrected chi connectivity index (χ4v) is 3.60. The Morgan fingerprint density at radius 3 is 2.55 bits per heavy atom. The van der Waals surface area contributed by atoms with Crippen molar-refractivity contribution in [1.29, 1.82) is 0 Å². The van der Waals surface area contributed by atoms with Crippen LogP contribution in [-0.4, -0.2) is 42.5 Å². The molecule has 2 aromatic rings. The van der Waals surface area contributed by atoms with E-state index in [9.17, 15) is 19.7 Å². The van der Waals surface area contributed by atoms with Crippen molar-refractivity contribution >= 4 is 23.3 Å². The van der Waals surface area contributed by atoms with Gasteiger partial charge in [0.1, 0.15) is 5.75 Å². The van der Waals surface area contributed by atoms with Gasteiger partial charge in [0.15, 0.2) is 0 Å². The van der Waals surface area contributed by atoms with E-state index in [1.807, 2.05) is 0 Å². The zero-order valence-corrected chi connectivity index (χ0v) is 15.8. The number of nitro groups is 1. The van der Waals surface area contributed by atoms with Crippen LogP contribution in [0.25, 0.3) is 0 Å². The molecular weight excluding hydrogens is 376 g/mol. The van der Waals surface area contributed by atoms with Crippen molar-refractivity contribution < 1.29 is 19.2 Å². The average molecular weight is 394 g/mol. The molecule has 0 bridgehead atoms. The summed E-state index contributed by atoms with van der Waals surface area (Å²) in [5.74, 6) is 0.367. The van der Waals surface area contributed by atoms with Gasteiger partial charge in [0.05, 0.1) is 41.6 Å².